The van der Waals surface area contributed by atoms with Crippen molar-refractivity contribution in [1.29, 1.82) is 0 Å². The van der Waals surface area contributed by atoms with Crippen LogP contribution in [0.2, 0.25) is 5.02 Å². The lowest BCUT2D eigenvalue weighted by Gasteiger charge is -2.22. The molecule has 0 spiro atoms. The number of hydrogen-bond acceptors (Lipinski definition) is 4. The second-order valence-corrected chi connectivity index (χ2v) is 6.87. The van der Waals surface area contributed by atoms with E-state index in [1.807, 2.05) is 6.07 Å². The van der Waals surface area contributed by atoms with Crippen molar-refractivity contribution >= 4 is 11.6 Å². The van der Waals surface area contributed by atoms with Crippen LogP contribution in [0, 0.1) is 11.8 Å². The van der Waals surface area contributed by atoms with Crippen molar-refractivity contribution in [2.75, 3.05) is 26.3 Å². The molecule has 5 heteroatoms. The third-order valence-electron chi connectivity index (χ3n) is 5.05. The summed E-state index contributed by atoms with van der Waals surface area (Å²) in [6, 6.07) is 4.46. The van der Waals surface area contributed by atoms with Gasteiger partial charge in [-0.3, -0.25) is 4.90 Å². The highest BCUT2D eigenvalue weighted by molar-refractivity contribution is 6.32. The number of fused-ring (bicyclic) bond motifs is 2. The van der Waals surface area contributed by atoms with Crippen molar-refractivity contribution in [3.63, 3.8) is 0 Å². The van der Waals surface area contributed by atoms with Gasteiger partial charge in [-0.05, 0) is 42.4 Å². The molecule has 2 aliphatic heterocycles. The van der Waals surface area contributed by atoms with Gasteiger partial charge < -0.3 is 15.2 Å². The van der Waals surface area contributed by atoms with E-state index in [1.165, 1.54) is 18.4 Å². The zero-order chi connectivity index (χ0) is 14.4. The van der Waals surface area contributed by atoms with Crippen LogP contribution in [0.3, 0.4) is 0 Å². The van der Waals surface area contributed by atoms with E-state index < -0.39 is 0 Å². The minimum absolute atomic E-state index is 0.392. The summed E-state index contributed by atoms with van der Waals surface area (Å²) in [5.41, 5.74) is 7.40. The number of benzene rings is 1. The number of nitrogens with zero attached hydrogens (tertiary/aromatic N) is 1. The predicted octanol–water partition coefficient (Wildman–Crippen LogP) is 2.28. The van der Waals surface area contributed by atoms with E-state index >= 15 is 0 Å². The van der Waals surface area contributed by atoms with Gasteiger partial charge in [0.25, 0.3) is 0 Å². The maximum absolute atomic E-state index is 6.31. The Morgan fingerprint density at radius 1 is 1.19 bits per heavy atom. The Morgan fingerprint density at radius 2 is 2.05 bits per heavy atom. The van der Waals surface area contributed by atoms with Crippen LogP contribution >= 0.6 is 11.6 Å². The van der Waals surface area contributed by atoms with E-state index in [1.54, 1.807) is 0 Å². The van der Waals surface area contributed by atoms with Gasteiger partial charge in [-0.2, -0.15) is 0 Å². The van der Waals surface area contributed by atoms with Gasteiger partial charge in [0, 0.05) is 25.7 Å². The Kier molecular flexibility index (Phi) is 3.48. The normalized spacial score (nSPS) is 31.4. The minimum Gasteiger partial charge on any atom is -0.486 e. The van der Waals surface area contributed by atoms with E-state index in [4.69, 9.17) is 26.8 Å². The first kappa shape index (κ1) is 13.7. The summed E-state index contributed by atoms with van der Waals surface area (Å²) < 4.78 is 11.2. The minimum atomic E-state index is 0.392. The van der Waals surface area contributed by atoms with Crippen molar-refractivity contribution in [1.82, 2.24) is 4.90 Å². The highest BCUT2D eigenvalue weighted by Gasteiger charge is 2.40. The van der Waals surface area contributed by atoms with E-state index in [0.717, 1.165) is 31.3 Å². The third-order valence-corrected chi connectivity index (χ3v) is 5.33. The van der Waals surface area contributed by atoms with Crippen LogP contribution in [0.5, 0.6) is 11.5 Å². The van der Waals surface area contributed by atoms with E-state index in [-0.39, 0.29) is 0 Å². The molecule has 3 aliphatic rings. The lowest BCUT2D eigenvalue weighted by Crippen LogP contribution is -2.30. The van der Waals surface area contributed by atoms with Crippen LogP contribution in [0.4, 0.5) is 0 Å². The summed E-state index contributed by atoms with van der Waals surface area (Å²) in [4.78, 5) is 2.50. The molecule has 2 fully saturated rings. The molecule has 1 aromatic carbocycles. The molecular weight excluding hydrogens is 288 g/mol. The summed E-state index contributed by atoms with van der Waals surface area (Å²) >= 11 is 6.31. The van der Waals surface area contributed by atoms with Crippen molar-refractivity contribution < 1.29 is 9.47 Å². The van der Waals surface area contributed by atoms with Crippen LogP contribution in [-0.2, 0) is 6.54 Å². The molecule has 4 nitrogen and oxygen atoms in total. The lowest BCUT2D eigenvalue weighted by atomic mass is 9.98. The summed E-state index contributed by atoms with van der Waals surface area (Å²) in [5, 5.41) is 0.651. The number of hydrogen-bond donors (Lipinski definition) is 1. The van der Waals surface area contributed by atoms with Crippen LogP contribution in [-0.4, -0.2) is 37.2 Å². The first-order valence-corrected chi connectivity index (χ1v) is 8.14. The second kappa shape index (κ2) is 5.34. The van der Waals surface area contributed by atoms with Crippen LogP contribution in [0.25, 0.3) is 0 Å². The Bertz CT molecular complexity index is 551. The molecule has 1 saturated heterocycles. The SMILES string of the molecule is NC1CCC2CN(Cc3cc(Cl)c4c(c3)OCCO4)CC12. The van der Waals surface area contributed by atoms with Gasteiger partial charge in [-0.1, -0.05) is 11.6 Å². The number of likely N-dealkylation sites (tertiary alicyclic amines) is 1. The molecule has 2 N–H and O–H groups in total. The van der Waals surface area contributed by atoms with Gasteiger partial charge in [0.1, 0.15) is 13.2 Å². The largest absolute Gasteiger partial charge is 0.486 e. The molecule has 0 radical (unpaired) electrons. The molecule has 2 heterocycles. The van der Waals surface area contributed by atoms with Gasteiger partial charge >= 0.3 is 0 Å². The van der Waals surface area contributed by atoms with Gasteiger partial charge in [-0.25, -0.2) is 0 Å². The van der Waals surface area contributed by atoms with Gasteiger partial charge in [0.2, 0.25) is 0 Å². The number of nitrogens with two attached hydrogens (primary N) is 1. The summed E-state index contributed by atoms with van der Waals surface area (Å²) in [6.07, 6.45) is 2.48. The Labute approximate surface area is 130 Å². The first-order valence-electron chi connectivity index (χ1n) is 7.76. The fourth-order valence-electron chi connectivity index (χ4n) is 4.04. The van der Waals surface area contributed by atoms with E-state index in [2.05, 4.69) is 11.0 Å². The van der Waals surface area contributed by atoms with Gasteiger partial charge in [0.05, 0.1) is 5.02 Å². The Balaban J connectivity index is 1.49. The molecule has 0 aromatic heterocycles. The predicted molar refractivity (Wildman–Crippen MR) is 81.9 cm³/mol. The van der Waals surface area contributed by atoms with Crippen LogP contribution in [0.1, 0.15) is 18.4 Å². The molecule has 3 atom stereocenters. The van der Waals surface area contributed by atoms with Crippen LogP contribution < -0.4 is 15.2 Å². The second-order valence-electron chi connectivity index (χ2n) is 6.46. The zero-order valence-electron chi connectivity index (χ0n) is 12.1. The first-order chi connectivity index (χ1) is 10.2. The monoisotopic (exact) mass is 308 g/mol. The molecular formula is C16H21ClN2O2. The van der Waals surface area contributed by atoms with Gasteiger partial charge in [0.15, 0.2) is 11.5 Å². The molecule has 1 saturated carbocycles. The lowest BCUT2D eigenvalue weighted by molar-refractivity contribution is 0.171. The highest BCUT2D eigenvalue weighted by atomic mass is 35.5. The van der Waals surface area contributed by atoms with Crippen LogP contribution in [0.15, 0.2) is 12.1 Å². The standard InChI is InChI=1S/C16H21ClN2O2/c17-13-5-10(6-15-16(13)21-4-3-20-15)7-19-8-11-1-2-14(18)12(11)9-19/h5-6,11-12,14H,1-4,7-9,18H2. The molecule has 3 unspecified atom stereocenters. The maximum Gasteiger partial charge on any atom is 0.179 e. The Hall–Kier alpha value is -0.970. The topological polar surface area (TPSA) is 47.7 Å². The molecule has 0 amide bonds. The average molecular weight is 309 g/mol. The summed E-state index contributed by atoms with van der Waals surface area (Å²) in [7, 11) is 0. The molecule has 114 valence electrons. The van der Waals surface area contributed by atoms with Gasteiger partial charge in [-0.15, -0.1) is 0 Å². The fraction of sp³-hybridized carbons (Fsp3) is 0.625. The highest BCUT2D eigenvalue weighted by Crippen LogP contribution is 2.40. The summed E-state index contributed by atoms with van der Waals surface area (Å²) in [6.45, 7) is 4.34. The zero-order valence-corrected chi connectivity index (χ0v) is 12.8. The quantitative estimate of drug-likeness (QED) is 0.910. The third kappa shape index (κ3) is 2.50. The van der Waals surface area contributed by atoms with Crippen molar-refractivity contribution in [3.05, 3.63) is 22.7 Å². The summed E-state index contributed by atoms with van der Waals surface area (Å²) in [5.74, 6) is 2.93. The molecule has 21 heavy (non-hydrogen) atoms. The number of ether oxygens (including phenoxy) is 2. The van der Waals surface area contributed by atoms with E-state index in [9.17, 15) is 0 Å². The molecule has 1 aromatic rings. The number of halogens is 1. The van der Waals surface area contributed by atoms with E-state index in [0.29, 0.717) is 35.9 Å². The van der Waals surface area contributed by atoms with Crippen molar-refractivity contribution in [3.8, 4) is 11.5 Å². The smallest absolute Gasteiger partial charge is 0.179 e. The average Bonchev–Trinajstić information content (AvgIpc) is 3.01. The molecule has 1 aliphatic carbocycles. The Morgan fingerprint density at radius 3 is 2.90 bits per heavy atom. The van der Waals surface area contributed by atoms with Crippen molar-refractivity contribution in [2.45, 2.75) is 25.4 Å². The number of rotatable bonds is 2. The fourth-order valence-corrected chi connectivity index (χ4v) is 4.33. The maximum atomic E-state index is 6.31. The molecule has 4 rings (SSSR count). The molecule has 0 bridgehead atoms. The van der Waals surface area contributed by atoms with Crippen molar-refractivity contribution in [2.24, 2.45) is 17.6 Å².